The smallest absolute Gasteiger partial charge is 0.251 e. The maximum absolute atomic E-state index is 12.4. The monoisotopic (exact) mass is 498 g/mol. The molecule has 0 bridgehead atoms. The summed E-state index contributed by atoms with van der Waals surface area (Å²) in [5.41, 5.74) is 6.95. The third-order valence-electron chi connectivity index (χ3n) is 5.50. The zero-order valence-electron chi connectivity index (χ0n) is 20.9. The highest BCUT2D eigenvalue weighted by molar-refractivity contribution is 5.94. The number of hydrogen-bond acceptors (Lipinski definition) is 10. The fraction of sp³-hybridized carbons (Fsp3) is 0.520. The zero-order valence-corrected chi connectivity index (χ0v) is 20.9. The van der Waals surface area contributed by atoms with Crippen molar-refractivity contribution >= 4 is 23.8 Å². The zero-order chi connectivity index (χ0) is 25.4. The van der Waals surface area contributed by atoms with Crippen LogP contribution in [-0.4, -0.2) is 80.0 Å². The van der Waals surface area contributed by atoms with Gasteiger partial charge in [-0.3, -0.25) is 4.79 Å². The summed E-state index contributed by atoms with van der Waals surface area (Å²) in [6, 6.07) is 7.43. The fourth-order valence-electron chi connectivity index (χ4n) is 3.62. The summed E-state index contributed by atoms with van der Waals surface area (Å²) in [6.45, 7) is 9.58. The van der Waals surface area contributed by atoms with Crippen molar-refractivity contribution < 1.29 is 14.3 Å². The van der Waals surface area contributed by atoms with Crippen LogP contribution < -0.4 is 26.6 Å². The Kier molecular flexibility index (Phi) is 11.9. The van der Waals surface area contributed by atoms with E-state index in [-0.39, 0.29) is 5.91 Å². The Hall–Kier alpha value is -3.28. The third kappa shape index (κ3) is 9.40. The number of hydrogen-bond donors (Lipinski definition) is 4. The highest BCUT2D eigenvalue weighted by atomic mass is 16.5. The maximum Gasteiger partial charge on any atom is 0.251 e. The Morgan fingerprint density at radius 1 is 0.972 bits per heavy atom. The van der Waals surface area contributed by atoms with Gasteiger partial charge in [0.1, 0.15) is 0 Å². The number of piperidine rings is 1. The average Bonchev–Trinajstić information content (AvgIpc) is 2.92. The molecule has 0 aliphatic carbocycles. The van der Waals surface area contributed by atoms with Gasteiger partial charge in [-0.25, -0.2) is 0 Å². The van der Waals surface area contributed by atoms with Crippen LogP contribution in [0, 0.1) is 0 Å². The molecule has 0 saturated carbocycles. The lowest BCUT2D eigenvalue weighted by molar-refractivity contribution is 0.0511. The summed E-state index contributed by atoms with van der Waals surface area (Å²) in [5.74, 6) is 1.57. The number of ether oxygens (including phenoxy) is 2. The van der Waals surface area contributed by atoms with Crippen LogP contribution in [0.2, 0.25) is 0 Å². The molecule has 3 rings (SSSR count). The fourth-order valence-corrected chi connectivity index (χ4v) is 3.62. The van der Waals surface area contributed by atoms with Gasteiger partial charge < -0.3 is 36.1 Å². The molecule has 0 unspecified atom stereocenters. The molecule has 1 saturated heterocycles. The molecule has 1 aromatic heterocycles. The Morgan fingerprint density at radius 3 is 2.36 bits per heavy atom. The van der Waals surface area contributed by atoms with E-state index in [1.165, 1.54) is 6.42 Å². The molecule has 11 heteroatoms. The normalized spacial score (nSPS) is 13.3. The molecule has 1 aromatic carbocycles. The Bertz CT molecular complexity index is 935. The quantitative estimate of drug-likeness (QED) is 0.200. The Balaban J connectivity index is 1.48. The Morgan fingerprint density at radius 2 is 1.67 bits per heavy atom. The van der Waals surface area contributed by atoms with Crippen molar-refractivity contribution in [3.8, 4) is 0 Å². The predicted octanol–water partition coefficient (Wildman–Crippen LogP) is 1.79. The summed E-state index contributed by atoms with van der Waals surface area (Å²) in [6.07, 6.45) is 5.28. The van der Waals surface area contributed by atoms with Crippen molar-refractivity contribution in [3.63, 3.8) is 0 Å². The number of benzene rings is 1. The molecule has 0 atom stereocenters. The van der Waals surface area contributed by atoms with Gasteiger partial charge >= 0.3 is 0 Å². The highest BCUT2D eigenvalue weighted by Crippen LogP contribution is 2.19. The minimum Gasteiger partial charge on any atom is -0.378 e. The number of carbonyl (C=O) groups is 1. The SMILES string of the molecule is C=CCNc1nc(NCc2ccc(C(=O)NCCOCCOCCN)cc2)nc(N2CCCCC2)n1. The molecule has 5 N–H and O–H groups in total. The van der Waals surface area contributed by atoms with Gasteiger partial charge in [0, 0.05) is 44.8 Å². The number of carbonyl (C=O) groups excluding carboxylic acids is 1. The number of nitrogens with one attached hydrogen (secondary N) is 3. The van der Waals surface area contributed by atoms with Gasteiger partial charge in [0.15, 0.2) is 0 Å². The van der Waals surface area contributed by atoms with Crippen molar-refractivity contribution in [2.45, 2.75) is 25.8 Å². The summed E-state index contributed by atoms with van der Waals surface area (Å²) >= 11 is 0. The van der Waals surface area contributed by atoms with Crippen molar-refractivity contribution in [2.75, 3.05) is 74.7 Å². The molecule has 1 aliphatic heterocycles. The summed E-state index contributed by atoms with van der Waals surface area (Å²) < 4.78 is 10.7. The molecule has 1 aliphatic rings. The second kappa shape index (κ2) is 15.7. The molecule has 196 valence electrons. The van der Waals surface area contributed by atoms with Gasteiger partial charge in [-0.05, 0) is 37.0 Å². The molecule has 0 radical (unpaired) electrons. The van der Waals surface area contributed by atoms with Crippen LogP contribution in [0.1, 0.15) is 35.2 Å². The second-order valence-corrected chi connectivity index (χ2v) is 8.32. The van der Waals surface area contributed by atoms with Gasteiger partial charge in [-0.2, -0.15) is 15.0 Å². The van der Waals surface area contributed by atoms with E-state index in [0.717, 1.165) is 31.5 Å². The van der Waals surface area contributed by atoms with E-state index in [2.05, 4.69) is 42.4 Å². The van der Waals surface area contributed by atoms with E-state index in [9.17, 15) is 4.79 Å². The molecular weight excluding hydrogens is 460 g/mol. The minimum absolute atomic E-state index is 0.140. The number of aromatic nitrogens is 3. The molecule has 1 fully saturated rings. The van der Waals surface area contributed by atoms with Crippen molar-refractivity contribution in [3.05, 3.63) is 48.0 Å². The van der Waals surface area contributed by atoms with Crippen LogP contribution in [0.3, 0.4) is 0 Å². The van der Waals surface area contributed by atoms with Gasteiger partial charge in [-0.1, -0.05) is 18.2 Å². The number of amides is 1. The van der Waals surface area contributed by atoms with Crippen molar-refractivity contribution in [1.29, 1.82) is 0 Å². The minimum atomic E-state index is -0.140. The van der Waals surface area contributed by atoms with E-state index in [1.54, 1.807) is 18.2 Å². The first kappa shape index (κ1) is 27.3. The van der Waals surface area contributed by atoms with Crippen molar-refractivity contribution in [2.24, 2.45) is 5.73 Å². The van der Waals surface area contributed by atoms with Crippen LogP contribution in [0.5, 0.6) is 0 Å². The van der Waals surface area contributed by atoms with Gasteiger partial charge in [0.25, 0.3) is 5.91 Å². The van der Waals surface area contributed by atoms with Crippen LogP contribution in [0.25, 0.3) is 0 Å². The standard InChI is InChI=1S/C25H38N8O3/c1-2-11-28-23-30-24(32-25(31-23)33-13-4-3-5-14-33)29-19-20-6-8-21(9-7-20)22(34)27-12-16-36-18-17-35-15-10-26/h2,6-9H,1,3-5,10-19,26H2,(H,27,34)(H2,28,29,30,31,32). The van der Waals surface area contributed by atoms with Crippen LogP contribution >= 0.6 is 0 Å². The lowest BCUT2D eigenvalue weighted by atomic mass is 10.1. The molecule has 2 aromatic rings. The van der Waals surface area contributed by atoms with E-state index in [4.69, 9.17) is 15.2 Å². The number of anilines is 3. The first-order chi connectivity index (χ1) is 17.7. The lowest BCUT2D eigenvalue weighted by Crippen LogP contribution is -2.31. The predicted molar refractivity (Wildman–Crippen MR) is 141 cm³/mol. The first-order valence-corrected chi connectivity index (χ1v) is 12.5. The van der Waals surface area contributed by atoms with E-state index in [0.29, 0.717) is 76.0 Å². The van der Waals surface area contributed by atoms with Crippen LogP contribution in [0.15, 0.2) is 36.9 Å². The highest BCUT2D eigenvalue weighted by Gasteiger charge is 2.16. The average molecular weight is 499 g/mol. The summed E-state index contributed by atoms with van der Waals surface area (Å²) in [4.78, 5) is 28.2. The summed E-state index contributed by atoms with van der Waals surface area (Å²) in [5, 5.41) is 9.29. The number of rotatable bonds is 16. The molecule has 11 nitrogen and oxygen atoms in total. The molecule has 0 spiro atoms. The first-order valence-electron chi connectivity index (χ1n) is 12.5. The van der Waals surface area contributed by atoms with Gasteiger partial charge in [0.05, 0.1) is 26.4 Å². The van der Waals surface area contributed by atoms with Crippen LogP contribution in [0.4, 0.5) is 17.8 Å². The Labute approximate surface area is 212 Å². The number of nitrogens with zero attached hydrogens (tertiary/aromatic N) is 4. The van der Waals surface area contributed by atoms with Crippen LogP contribution in [-0.2, 0) is 16.0 Å². The third-order valence-corrected chi connectivity index (χ3v) is 5.50. The maximum atomic E-state index is 12.4. The van der Waals surface area contributed by atoms with Gasteiger partial charge in [0.2, 0.25) is 17.8 Å². The largest absolute Gasteiger partial charge is 0.378 e. The second-order valence-electron chi connectivity index (χ2n) is 8.32. The molecule has 1 amide bonds. The topological polar surface area (TPSA) is 140 Å². The molecule has 2 heterocycles. The summed E-state index contributed by atoms with van der Waals surface area (Å²) in [7, 11) is 0. The number of nitrogens with two attached hydrogens (primary N) is 1. The van der Waals surface area contributed by atoms with E-state index in [1.807, 2.05) is 12.1 Å². The van der Waals surface area contributed by atoms with Gasteiger partial charge in [-0.15, -0.1) is 6.58 Å². The lowest BCUT2D eigenvalue weighted by Gasteiger charge is -2.27. The molecule has 36 heavy (non-hydrogen) atoms. The molecular formula is C25H38N8O3. The van der Waals surface area contributed by atoms with E-state index < -0.39 is 0 Å². The van der Waals surface area contributed by atoms with Crippen molar-refractivity contribution in [1.82, 2.24) is 20.3 Å². The van der Waals surface area contributed by atoms with E-state index >= 15 is 0 Å².